The van der Waals surface area contributed by atoms with Gasteiger partial charge in [0.2, 0.25) is 5.95 Å². The lowest BCUT2D eigenvalue weighted by Gasteiger charge is -2.26. The number of amides is 1. The number of imidazole rings is 1. The fraction of sp³-hybridized carbons (Fsp3) is 0.222. The van der Waals surface area contributed by atoms with Crippen LogP contribution >= 0.6 is 0 Å². The van der Waals surface area contributed by atoms with Crippen molar-refractivity contribution in [3.05, 3.63) is 18.0 Å². The average molecular weight is 261 g/mol. The zero-order valence-electron chi connectivity index (χ0n) is 8.68. The first kappa shape index (κ1) is 12.1. The van der Waals surface area contributed by atoms with Gasteiger partial charge in [0.15, 0.2) is 0 Å². The second-order valence-corrected chi connectivity index (χ2v) is 3.48. The number of alkyl halides is 3. The van der Waals surface area contributed by atoms with E-state index in [4.69, 9.17) is 5.11 Å². The summed E-state index contributed by atoms with van der Waals surface area (Å²) in [5.41, 5.74) is -0.335. The Hall–Kier alpha value is -2.32. The predicted molar refractivity (Wildman–Crippen MR) is 52.5 cm³/mol. The summed E-state index contributed by atoms with van der Waals surface area (Å²) >= 11 is 0. The summed E-state index contributed by atoms with van der Waals surface area (Å²) in [6, 6.07) is 0. The summed E-state index contributed by atoms with van der Waals surface area (Å²) in [6.45, 7) is -0.676. The van der Waals surface area contributed by atoms with Crippen molar-refractivity contribution < 1.29 is 27.9 Å². The Balaban J connectivity index is 2.44. The second-order valence-electron chi connectivity index (χ2n) is 3.48. The first-order valence-electron chi connectivity index (χ1n) is 4.66. The Bertz CT molecular complexity index is 547. The Morgan fingerprint density at radius 3 is 2.61 bits per heavy atom. The quantitative estimate of drug-likeness (QED) is 0.808. The molecule has 1 N–H and O–H groups in total. The number of halogens is 3. The number of hydrogen-bond donors (Lipinski definition) is 1. The van der Waals surface area contributed by atoms with Gasteiger partial charge in [-0.25, -0.2) is 9.78 Å². The van der Waals surface area contributed by atoms with E-state index in [1.165, 1.54) is 12.4 Å². The molecule has 0 saturated carbocycles. The molecule has 1 aromatic heterocycles. The Morgan fingerprint density at radius 1 is 1.39 bits per heavy atom. The second kappa shape index (κ2) is 3.86. The number of aliphatic carboxylic acids is 1. The van der Waals surface area contributed by atoms with Crippen molar-refractivity contribution in [3.63, 3.8) is 0 Å². The third-order valence-electron chi connectivity index (χ3n) is 2.28. The lowest BCUT2D eigenvalue weighted by molar-refractivity contribution is -0.170. The number of carboxylic acids is 1. The topological polar surface area (TPSA) is 75.4 Å². The Labute approximate surface area is 97.9 Å². The number of carbonyl (C=O) groups excluding carboxylic acids is 1. The van der Waals surface area contributed by atoms with Crippen LogP contribution in [-0.2, 0) is 9.59 Å². The van der Waals surface area contributed by atoms with E-state index in [1.807, 2.05) is 0 Å². The Morgan fingerprint density at radius 2 is 2.06 bits per heavy atom. The number of fused-ring (bicyclic) bond motifs is 1. The third-order valence-corrected chi connectivity index (χ3v) is 2.28. The van der Waals surface area contributed by atoms with Crippen molar-refractivity contribution in [1.29, 1.82) is 0 Å². The van der Waals surface area contributed by atoms with Crippen LogP contribution in [0.3, 0.4) is 0 Å². The summed E-state index contributed by atoms with van der Waals surface area (Å²) in [7, 11) is 0. The Kier molecular flexibility index (Phi) is 2.60. The zero-order valence-corrected chi connectivity index (χ0v) is 8.68. The fourth-order valence-corrected chi connectivity index (χ4v) is 1.50. The average Bonchev–Trinajstić information content (AvgIpc) is 2.73. The van der Waals surface area contributed by atoms with Gasteiger partial charge in [-0.15, -0.1) is 0 Å². The normalized spacial score (nSPS) is 15.1. The maximum absolute atomic E-state index is 12.4. The zero-order chi connectivity index (χ0) is 13.5. The lowest BCUT2D eigenvalue weighted by Crippen LogP contribution is -2.45. The van der Waals surface area contributed by atoms with Gasteiger partial charge in [-0.1, -0.05) is 0 Å². The summed E-state index contributed by atoms with van der Waals surface area (Å²) in [4.78, 5) is 25.8. The van der Waals surface area contributed by atoms with E-state index in [1.54, 1.807) is 0 Å². The van der Waals surface area contributed by atoms with Crippen LogP contribution in [0.4, 0.5) is 19.1 Å². The largest absolute Gasteiger partial charge is 0.478 e. The molecule has 1 aliphatic rings. The molecule has 0 saturated heterocycles. The molecule has 2 heterocycles. The molecule has 0 fully saturated rings. The van der Waals surface area contributed by atoms with Gasteiger partial charge in [0.1, 0.15) is 0 Å². The summed E-state index contributed by atoms with van der Waals surface area (Å²) in [5.74, 6) is -3.81. The van der Waals surface area contributed by atoms with Crippen LogP contribution < -0.4 is 4.90 Å². The molecule has 6 nitrogen and oxygen atoms in total. The number of anilines is 1. The molecule has 1 aliphatic heterocycles. The van der Waals surface area contributed by atoms with Crippen molar-refractivity contribution in [2.75, 3.05) is 11.4 Å². The molecule has 0 spiro atoms. The summed E-state index contributed by atoms with van der Waals surface area (Å²) in [6.07, 6.45) is -1.54. The van der Waals surface area contributed by atoms with E-state index >= 15 is 0 Å². The van der Waals surface area contributed by atoms with Gasteiger partial charge in [0.25, 0.3) is 0 Å². The highest BCUT2D eigenvalue weighted by atomic mass is 19.4. The molecule has 0 aromatic carbocycles. The summed E-state index contributed by atoms with van der Waals surface area (Å²) < 4.78 is 38.2. The molecule has 0 unspecified atom stereocenters. The van der Waals surface area contributed by atoms with Gasteiger partial charge >= 0.3 is 18.1 Å². The van der Waals surface area contributed by atoms with Gasteiger partial charge in [0.05, 0.1) is 12.1 Å². The number of rotatable bonds is 1. The minimum absolute atomic E-state index is 0.262. The van der Waals surface area contributed by atoms with E-state index in [2.05, 4.69) is 4.98 Å². The molecule has 2 rings (SSSR count). The van der Waals surface area contributed by atoms with Crippen molar-refractivity contribution in [2.24, 2.45) is 0 Å². The number of aromatic nitrogens is 2. The van der Waals surface area contributed by atoms with E-state index < -0.39 is 24.6 Å². The minimum atomic E-state index is -5.09. The fourth-order valence-electron chi connectivity index (χ4n) is 1.50. The number of hydrogen-bond acceptors (Lipinski definition) is 3. The first-order valence-corrected chi connectivity index (χ1v) is 4.66. The van der Waals surface area contributed by atoms with Crippen LogP contribution in [0.25, 0.3) is 6.20 Å². The van der Waals surface area contributed by atoms with Gasteiger partial charge < -0.3 is 5.11 Å². The van der Waals surface area contributed by atoms with Gasteiger partial charge in [-0.2, -0.15) is 13.2 Å². The van der Waals surface area contributed by atoms with E-state index in [9.17, 15) is 22.8 Å². The third kappa shape index (κ3) is 1.94. The maximum atomic E-state index is 12.4. The standard InChI is InChI=1S/C9H6F3N3O3/c10-9(11,12)7(18)15-4-5(6(16)17)3-14-2-1-13-8(14)15/h1-3H,4H2,(H,16,17). The summed E-state index contributed by atoms with van der Waals surface area (Å²) in [5, 5.41) is 8.78. The molecule has 1 amide bonds. The number of nitrogens with zero attached hydrogens (tertiary/aromatic N) is 3. The molecule has 0 radical (unpaired) electrons. The molecular formula is C9H6F3N3O3. The van der Waals surface area contributed by atoms with Crippen molar-refractivity contribution in [3.8, 4) is 0 Å². The van der Waals surface area contributed by atoms with Gasteiger partial charge in [0, 0.05) is 18.6 Å². The van der Waals surface area contributed by atoms with Crippen LogP contribution in [0.1, 0.15) is 0 Å². The number of carboxylic acid groups (broad SMARTS) is 1. The van der Waals surface area contributed by atoms with Crippen molar-refractivity contribution in [1.82, 2.24) is 9.55 Å². The monoisotopic (exact) mass is 261 g/mol. The van der Waals surface area contributed by atoms with Gasteiger partial charge in [-0.3, -0.25) is 14.3 Å². The first-order chi connectivity index (χ1) is 8.30. The molecule has 0 atom stereocenters. The van der Waals surface area contributed by atoms with Gasteiger partial charge in [-0.05, 0) is 0 Å². The van der Waals surface area contributed by atoms with E-state index in [-0.39, 0.29) is 16.4 Å². The molecule has 0 aliphatic carbocycles. The van der Waals surface area contributed by atoms with Crippen LogP contribution in [-0.4, -0.2) is 39.3 Å². The predicted octanol–water partition coefficient (Wildman–Crippen LogP) is 0.717. The van der Waals surface area contributed by atoms with Crippen LogP contribution in [0, 0.1) is 0 Å². The minimum Gasteiger partial charge on any atom is -0.478 e. The lowest BCUT2D eigenvalue weighted by atomic mass is 10.2. The van der Waals surface area contributed by atoms with E-state index in [0.29, 0.717) is 0 Å². The molecular weight excluding hydrogens is 255 g/mol. The molecule has 96 valence electrons. The van der Waals surface area contributed by atoms with Crippen molar-refractivity contribution in [2.45, 2.75) is 6.18 Å². The van der Waals surface area contributed by atoms with E-state index in [0.717, 1.165) is 10.8 Å². The van der Waals surface area contributed by atoms with Crippen LogP contribution in [0.15, 0.2) is 18.0 Å². The van der Waals surface area contributed by atoms with Crippen molar-refractivity contribution >= 4 is 24.0 Å². The smallest absolute Gasteiger partial charge is 0.471 e. The highest BCUT2D eigenvalue weighted by molar-refractivity contribution is 6.01. The molecule has 0 bridgehead atoms. The highest BCUT2D eigenvalue weighted by Gasteiger charge is 2.45. The molecule has 18 heavy (non-hydrogen) atoms. The molecule has 1 aromatic rings. The molecule has 9 heteroatoms. The highest BCUT2D eigenvalue weighted by Crippen LogP contribution is 2.26. The maximum Gasteiger partial charge on any atom is 0.471 e. The van der Waals surface area contributed by atoms with Crippen LogP contribution in [0.2, 0.25) is 0 Å². The number of carbonyl (C=O) groups is 2. The van der Waals surface area contributed by atoms with Crippen LogP contribution in [0.5, 0.6) is 0 Å². The SMILES string of the molecule is O=C(O)C1=Cn2ccnc2N(C(=O)C(F)(F)F)C1.